The fourth-order valence-electron chi connectivity index (χ4n) is 1.60. The van der Waals surface area contributed by atoms with Crippen molar-refractivity contribution in [3.05, 3.63) is 24.5 Å². The number of esters is 1. The van der Waals surface area contributed by atoms with Gasteiger partial charge in [-0.2, -0.15) is 0 Å². The lowest BCUT2D eigenvalue weighted by Crippen LogP contribution is -2.54. The average molecular weight is 222 g/mol. The summed E-state index contributed by atoms with van der Waals surface area (Å²) in [6.07, 6.45) is 3.40. The molecule has 1 aliphatic heterocycles. The van der Waals surface area contributed by atoms with Crippen molar-refractivity contribution >= 4 is 11.7 Å². The Morgan fingerprint density at radius 3 is 2.75 bits per heavy atom. The van der Waals surface area contributed by atoms with Crippen LogP contribution in [0.2, 0.25) is 0 Å². The molecule has 2 heterocycles. The Morgan fingerprint density at radius 1 is 1.56 bits per heavy atom. The van der Waals surface area contributed by atoms with Crippen LogP contribution in [0.3, 0.4) is 0 Å². The summed E-state index contributed by atoms with van der Waals surface area (Å²) in [5.41, 5.74) is 0.406. The van der Waals surface area contributed by atoms with Gasteiger partial charge >= 0.3 is 5.97 Å². The molecule has 0 bridgehead atoms. The molecule has 0 aromatic carbocycles. The van der Waals surface area contributed by atoms with E-state index in [1.165, 1.54) is 7.11 Å². The minimum atomic E-state index is -0.530. The van der Waals surface area contributed by atoms with Crippen LogP contribution in [0, 0.1) is 5.41 Å². The second-order valence-electron chi connectivity index (χ2n) is 3.85. The molecule has 0 radical (unpaired) electrons. The van der Waals surface area contributed by atoms with Crippen molar-refractivity contribution in [2.45, 2.75) is 0 Å². The van der Waals surface area contributed by atoms with Crippen molar-refractivity contribution in [1.29, 1.82) is 0 Å². The topological polar surface area (TPSA) is 60.5 Å². The Morgan fingerprint density at radius 2 is 2.25 bits per heavy atom. The van der Waals surface area contributed by atoms with Crippen LogP contribution in [-0.2, 0) is 14.3 Å². The molecule has 5 nitrogen and oxygen atoms in total. The van der Waals surface area contributed by atoms with Crippen LogP contribution in [-0.4, -0.2) is 37.8 Å². The third-order valence-corrected chi connectivity index (χ3v) is 2.69. The molecule has 16 heavy (non-hydrogen) atoms. The van der Waals surface area contributed by atoms with E-state index in [2.05, 4.69) is 10.3 Å². The van der Waals surface area contributed by atoms with E-state index in [9.17, 15) is 4.79 Å². The first kappa shape index (κ1) is 10.9. The van der Waals surface area contributed by atoms with Crippen LogP contribution in [0.5, 0.6) is 0 Å². The number of ether oxygens (including phenoxy) is 2. The number of aromatic nitrogens is 1. The van der Waals surface area contributed by atoms with E-state index >= 15 is 0 Å². The van der Waals surface area contributed by atoms with E-state index in [4.69, 9.17) is 9.47 Å². The standard InChI is InChI=1S/C11H14N2O3/c1-15-10(14)11(7-16-8-11)6-13-9-2-4-12-5-3-9/h2-5H,6-8H2,1H3,(H,12,13). The Labute approximate surface area is 93.8 Å². The molecule has 0 unspecified atom stereocenters. The zero-order valence-electron chi connectivity index (χ0n) is 9.10. The lowest BCUT2D eigenvalue weighted by atomic mass is 9.86. The molecule has 0 spiro atoms. The quantitative estimate of drug-likeness (QED) is 0.759. The van der Waals surface area contributed by atoms with E-state index < -0.39 is 5.41 Å². The van der Waals surface area contributed by atoms with Crippen LogP contribution in [0.4, 0.5) is 5.69 Å². The summed E-state index contributed by atoms with van der Waals surface area (Å²) in [7, 11) is 1.40. The summed E-state index contributed by atoms with van der Waals surface area (Å²) < 4.78 is 9.87. The minimum absolute atomic E-state index is 0.222. The number of hydrogen-bond acceptors (Lipinski definition) is 5. The summed E-state index contributed by atoms with van der Waals surface area (Å²) in [4.78, 5) is 15.5. The molecule has 0 aliphatic carbocycles. The third-order valence-electron chi connectivity index (χ3n) is 2.69. The van der Waals surface area contributed by atoms with Gasteiger partial charge in [-0.1, -0.05) is 0 Å². The van der Waals surface area contributed by atoms with Crippen molar-refractivity contribution in [2.75, 3.05) is 32.2 Å². The predicted octanol–water partition coefficient (Wildman–Crippen LogP) is 0.683. The minimum Gasteiger partial charge on any atom is -0.468 e. The fourth-order valence-corrected chi connectivity index (χ4v) is 1.60. The second kappa shape index (κ2) is 4.49. The van der Waals surface area contributed by atoms with Crippen LogP contribution < -0.4 is 5.32 Å². The molecule has 1 aromatic heterocycles. The Balaban J connectivity index is 1.96. The lowest BCUT2D eigenvalue weighted by molar-refractivity contribution is -0.180. The molecular formula is C11H14N2O3. The van der Waals surface area contributed by atoms with Gasteiger partial charge in [0.05, 0.1) is 20.3 Å². The molecule has 1 saturated heterocycles. The average Bonchev–Trinajstić information content (AvgIpc) is 2.28. The summed E-state index contributed by atoms with van der Waals surface area (Å²) in [5, 5.41) is 3.18. The number of nitrogens with zero attached hydrogens (tertiary/aromatic N) is 1. The van der Waals surface area contributed by atoms with Gasteiger partial charge in [0, 0.05) is 24.6 Å². The molecule has 5 heteroatoms. The maximum Gasteiger partial charge on any atom is 0.318 e. The van der Waals surface area contributed by atoms with Crippen molar-refractivity contribution in [2.24, 2.45) is 5.41 Å². The molecule has 1 aromatic rings. The maximum absolute atomic E-state index is 11.6. The highest BCUT2D eigenvalue weighted by atomic mass is 16.5. The van der Waals surface area contributed by atoms with Crippen LogP contribution >= 0.6 is 0 Å². The molecule has 1 aliphatic rings. The van der Waals surface area contributed by atoms with Crippen molar-refractivity contribution < 1.29 is 14.3 Å². The Kier molecular flexibility index (Phi) is 3.05. The second-order valence-corrected chi connectivity index (χ2v) is 3.85. The normalized spacial score (nSPS) is 17.3. The highest BCUT2D eigenvalue weighted by Gasteiger charge is 2.47. The van der Waals surface area contributed by atoms with Gasteiger partial charge in [0.25, 0.3) is 0 Å². The van der Waals surface area contributed by atoms with Crippen molar-refractivity contribution in [1.82, 2.24) is 4.98 Å². The largest absolute Gasteiger partial charge is 0.468 e. The number of anilines is 1. The number of carbonyl (C=O) groups excluding carboxylic acids is 1. The molecule has 0 saturated carbocycles. The molecule has 1 fully saturated rings. The van der Waals surface area contributed by atoms with Gasteiger partial charge in [-0.15, -0.1) is 0 Å². The first-order valence-corrected chi connectivity index (χ1v) is 5.07. The summed E-state index contributed by atoms with van der Waals surface area (Å²) >= 11 is 0. The number of nitrogens with one attached hydrogen (secondary N) is 1. The van der Waals surface area contributed by atoms with Gasteiger partial charge in [0.1, 0.15) is 5.41 Å². The number of methoxy groups -OCH3 is 1. The molecule has 2 rings (SSSR count). The molecular weight excluding hydrogens is 208 g/mol. The Hall–Kier alpha value is -1.62. The van der Waals surface area contributed by atoms with Gasteiger partial charge in [0.15, 0.2) is 0 Å². The predicted molar refractivity (Wildman–Crippen MR) is 58.0 cm³/mol. The third kappa shape index (κ3) is 1.99. The monoisotopic (exact) mass is 222 g/mol. The highest BCUT2D eigenvalue weighted by Crippen LogP contribution is 2.29. The van der Waals surface area contributed by atoms with Crippen molar-refractivity contribution in [3.8, 4) is 0 Å². The molecule has 1 N–H and O–H groups in total. The molecule has 0 amide bonds. The fraction of sp³-hybridized carbons (Fsp3) is 0.455. The van der Waals surface area contributed by atoms with E-state index in [1.807, 2.05) is 12.1 Å². The smallest absolute Gasteiger partial charge is 0.318 e. The van der Waals surface area contributed by atoms with Gasteiger partial charge in [-0.25, -0.2) is 0 Å². The maximum atomic E-state index is 11.6. The number of pyridine rings is 1. The van der Waals surface area contributed by atoms with Crippen LogP contribution in [0.25, 0.3) is 0 Å². The highest BCUT2D eigenvalue weighted by molar-refractivity contribution is 5.78. The summed E-state index contributed by atoms with van der Waals surface area (Å²) in [5.74, 6) is -0.222. The first-order chi connectivity index (χ1) is 7.77. The zero-order valence-corrected chi connectivity index (χ0v) is 9.10. The van der Waals surface area contributed by atoms with E-state index in [0.29, 0.717) is 19.8 Å². The van der Waals surface area contributed by atoms with Gasteiger partial charge < -0.3 is 14.8 Å². The number of hydrogen-bond donors (Lipinski definition) is 1. The SMILES string of the molecule is COC(=O)C1(CNc2ccncc2)COC1. The van der Waals surface area contributed by atoms with E-state index in [-0.39, 0.29) is 5.97 Å². The molecule has 0 atom stereocenters. The Bertz CT molecular complexity index is 363. The first-order valence-electron chi connectivity index (χ1n) is 5.07. The number of carbonyl (C=O) groups is 1. The number of rotatable bonds is 4. The van der Waals surface area contributed by atoms with Gasteiger partial charge in [-0.3, -0.25) is 9.78 Å². The van der Waals surface area contributed by atoms with E-state index in [0.717, 1.165) is 5.69 Å². The van der Waals surface area contributed by atoms with Gasteiger partial charge in [-0.05, 0) is 12.1 Å². The molecule has 86 valence electrons. The van der Waals surface area contributed by atoms with Crippen LogP contribution in [0.1, 0.15) is 0 Å². The van der Waals surface area contributed by atoms with Crippen LogP contribution in [0.15, 0.2) is 24.5 Å². The zero-order chi connectivity index (χ0) is 11.4. The lowest BCUT2D eigenvalue weighted by Gasteiger charge is -2.38. The summed E-state index contributed by atoms with van der Waals surface area (Å²) in [6, 6.07) is 3.70. The summed E-state index contributed by atoms with van der Waals surface area (Å²) in [6.45, 7) is 1.35. The van der Waals surface area contributed by atoms with Crippen molar-refractivity contribution in [3.63, 3.8) is 0 Å². The van der Waals surface area contributed by atoms with Gasteiger partial charge in [0.2, 0.25) is 0 Å². The van der Waals surface area contributed by atoms with E-state index in [1.54, 1.807) is 12.4 Å².